The van der Waals surface area contributed by atoms with E-state index in [0.29, 0.717) is 5.92 Å². The smallest absolute Gasteiger partial charge is 0.0277 e. The van der Waals surface area contributed by atoms with Crippen LogP contribution in [0.25, 0.3) is 0 Å². The zero-order valence-electron chi connectivity index (χ0n) is 11.8. The standard InChI is InChI=1S/C16H26N2/c1-13-3-5-14(6-4-13)11-16(12-17-2)15-7-9-18-10-8-15/h5,11-13,15,18H,3-4,6-10H2,1-2H3/b16-11+,17-12-. The molecule has 1 N–H and O–H groups in total. The molecule has 0 saturated carbocycles. The SMILES string of the molecule is C/N=C\C(=C/C1=CCC(C)CC1)C1CCNCC1. The van der Waals surface area contributed by atoms with Gasteiger partial charge in [-0.15, -0.1) is 0 Å². The molecule has 100 valence electrons. The van der Waals surface area contributed by atoms with Gasteiger partial charge in [0.2, 0.25) is 0 Å². The molecule has 0 aromatic heterocycles. The number of nitrogens with one attached hydrogen (secondary N) is 1. The fraction of sp³-hybridized carbons (Fsp3) is 0.688. The van der Waals surface area contributed by atoms with Crippen LogP contribution in [0.2, 0.25) is 0 Å². The van der Waals surface area contributed by atoms with Crippen molar-refractivity contribution in [3.8, 4) is 0 Å². The van der Waals surface area contributed by atoms with Crippen molar-refractivity contribution in [2.45, 2.75) is 39.0 Å². The van der Waals surface area contributed by atoms with Gasteiger partial charge in [-0.05, 0) is 62.6 Å². The molecule has 0 amide bonds. The molecule has 1 atom stereocenters. The van der Waals surface area contributed by atoms with Crippen molar-refractivity contribution in [1.29, 1.82) is 0 Å². The number of hydrogen-bond acceptors (Lipinski definition) is 2. The van der Waals surface area contributed by atoms with Gasteiger partial charge in [-0.2, -0.15) is 0 Å². The van der Waals surface area contributed by atoms with Gasteiger partial charge >= 0.3 is 0 Å². The predicted molar refractivity (Wildman–Crippen MR) is 79.2 cm³/mol. The monoisotopic (exact) mass is 246 g/mol. The van der Waals surface area contributed by atoms with Crippen LogP contribution in [0.1, 0.15) is 39.0 Å². The van der Waals surface area contributed by atoms with Gasteiger partial charge < -0.3 is 5.32 Å². The highest BCUT2D eigenvalue weighted by molar-refractivity contribution is 5.80. The second kappa shape index (κ2) is 6.89. The molecule has 1 fully saturated rings. The van der Waals surface area contributed by atoms with Crippen LogP contribution in [-0.4, -0.2) is 26.4 Å². The van der Waals surface area contributed by atoms with Gasteiger partial charge in [0.15, 0.2) is 0 Å². The summed E-state index contributed by atoms with van der Waals surface area (Å²) in [5.41, 5.74) is 2.97. The van der Waals surface area contributed by atoms with Crippen LogP contribution in [0.15, 0.2) is 28.3 Å². The first-order chi connectivity index (χ1) is 8.79. The minimum atomic E-state index is 0.704. The van der Waals surface area contributed by atoms with Crippen LogP contribution in [0.5, 0.6) is 0 Å². The summed E-state index contributed by atoms with van der Waals surface area (Å²) >= 11 is 0. The minimum Gasteiger partial charge on any atom is -0.317 e. The number of nitrogens with zero attached hydrogens (tertiary/aromatic N) is 1. The van der Waals surface area contributed by atoms with Crippen molar-refractivity contribution in [2.24, 2.45) is 16.8 Å². The lowest BCUT2D eigenvalue weighted by Crippen LogP contribution is -2.29. The highest BCUT2D eigenvalue weighted by Crippen LogP contribution is 2.27. The zero-order chi connectivity index (χ0) is 12.8. The minimum absolute atomic E-state index is 0.704. The molecule has 1 aliphatic carbocycles. The molecule has 2 heteroatoms. The number of hydrogen-bond donors (Lipinski definition) is 1. The number of aliphatic imine (C=N–C) groups is 1. The molecule has 0 radical (unpaired) electrons. The molecule has 0 spiro atoms. The summed E-state index contributed by atoms with van der Waals surface area (Å²) in [5.74, 6) is 1.57. The normalized spacial score (nSPS) is 27.6. The fourth-order valence-corrected chi connectivity index (χ4v) is 2.90. The van der Waals surface area contributed by atoms with Gasteiger partial charge in [-0.3, -0.25) is 4.99 Å². The summed E-state index contributed by atoms with van der Waals surface area (Å²) in [6.07, 6.45) is 13.2. The zero-order valence-corrected chi connectivity index (χ0v) is 11.8. The molecule has 1 aliphatic heterocycles. The van der Waals surface area contributed by atoms with Crippen LogP contribution >= 0.6 is 0 Å². The molecular weight excluding hydrogens is 220 g/mol. The maximum atomic E-state index is 4.25. The Morgan fingerprint density at radius 2 is 2.11 bits per heavy atom. The second-order valence-electron chi connectivity index (χ2n) is 5.71. The van der Waals surface area contributed by atoms with Gasteiger partial charge in [-0.25, -0.2) is 0 Å². The van der Waals surface area contributed by atoms with Crippen molar-refractivity contribution < 1.29 is 0 Å². The van der Waals surface area contributed by atoms with Crippen molar-refractivity contribution in [1.82, 2.24) is 5.32 Å². The molecule has 18 heavy (non-hydrogen) atoms. The van der Waals surface area contributed by atoms with E-state index in [0.717, 1.165) is 19.0 Å². The summed E-state index contributed by atoms with van der Waals surface area (Å²) in [7, 11) is 1.88. The van der Waals surface area contributed by atoms with E-state index < -0.39 is 0 Å². The predicted octanol–water partition coefficient (Wildman–Crippen LogP) is 3.36. The Morgan fingerprint density at radius 3 is 2.72 bits per heavy atom. The van der Waals surface area contributed by atoms with Crippen LogP contribution in [0, 0.1) is 11.8 Å². The van der Waals surface area contributed by atoms with Crippen molar-refractivity contribution in [3.63, 3.8) is 0 Å². The van der Waals surface area contributed by atoms with Crippen molar-refractivity contribution in [3.05, 3.63) is 23.3 Å². The van der Waals surface area contributed by atoms with E-state index in [1.807, 2.05) is 7.05 Å². The van der Waals surface area contributed by atoms with Crippen LogP contribution in [0.4, 0.5) is 0 Å². The molecule has 0 bridgehead atoms. The maximum absolute atomic E-state index is 4.25. The largest absolute Gasteiger partial charge is 0.317 e. The topological polar surface area (TPSA) is 24.4 Å². The molecule has 1 saturated heterocycles. The molecule has 2 rings (SSSR count). The number of rotatable bonds is 3. The Balaban J connectivity index is 2.08. The molecule has 1 heterocycles. The van der Waals surface area contributed by atoms with Gasteiger partial charge in [0.25, 0.3) is 0 Å². The van der Waals surface area contributed by atoms with Gasteiger partial charge in [0.05, 0.1) is 0 Å². The summed E-state index contributed by atoms with van der Waals surface area (Å²) in [6, 6.07) is 0. The lowest BCUT2D eigenvalue weighted by atomic mass is 9.86. The quantitative estimate of drug-likeness (QED) is 0.759. The Hall–Kier alpha value is -0.890. The third-order valence-corrected chi connectivity index (χ3v) is 4.15. The van der Waals surface area contributed by atoms with Crippen molar-refractivity contribution >= 4 is 6.21 Å². The average Bonchev–Trinajstić information content (AvgIpc) is 2.42. The first-order valence-electron chi connectivity index (χ1n) is 7.33. The van der Waals surface area contributed by atoms with Gasteiger partial charge in [-0.1, -0.05) is 24.6 Å². The lowest BCUT2D eigenvalue weighted by Gasteiger charge is -2.24. The fourth-order valence-electron chi connectivity index (χ4n) is 2.90. The van der Waals surface area contributed by atoms with Gasteiger partial charge in [0.1, 0.15) is 0 Å². The highest BCUT2D eigenvalue weighted by Gasteiger charge is 2.17. The molecule has 2 aliphatic rings. The van der Waals surface area contributed by atoms with Crippen LogP contribution < -0.4 is 5.32 Å². The highest BCUT2D eigenvalue weighted by atomic mass is 14.9. The first-order valence-corrected chi connectivity index (χ1v) is 7.33. The number of allylic oxidation sites excluding steroid dienone is 4. The molecule has 1 unspecified atom stereocenters. The summed E-state index contributed by atoms with van der Waals surface area (Å²) in [5, 5.41) is 3.43. The third kappa shape index (κ3) is 3.81. The molecule has 2 nitrogen and oxygen atoms in total. The maximum Gasteiger partial charge on any atom is 0.0277 e. The van der Waals surface area contributed by atoms with E-state index in [1.54, 1.807) is 0 Å². The summed E-state index contributed by atoms with van der Waals surface area (Å²) in [4.78, 5) is 4.25. The van der Waals surface area contributed by atoms with E-state index in [1.165, 1.54) is 43.3 Å². The van der Waals surface area contributed by atoms with E-state index in [9.17, 15) is 0 Å². The second-order valence-corrected chi connectivity index (χ2v) is 5.71. The van der Waals surface area contributed by atoms with Crippen molar-refractivity contribution in [2.75, 3.05) is 20.1 Å². The summed E-state index contributed by atoms with van der Waals surface area (Å²) < 4.78 is 0. The average molecular weight is 246 g/mol. The van der Waals surface area contributed by atoms with Crippen LogP contribution in [0.3, 0.4) is 0 Å². The Morgan fingerprint density at radius 1 is 1.33 bits per heavy atom. The first kappa shape index (κ1) is 13.5. The number of piperidine rings is 1. The van der Waals surface area contributed by atoms with E-state index in [-0.39, 0.29) is 0 Å². The van der Waals surface area contributed by atoms with Crippen LogP contribution in [-0.2, 0) is 0 Å². The Labute approximate surface area is 111 Å². The Kier molecular flexibility index (Phi) is 5.18. The summed E-state index contributed by atoms with van der Waals surface area (Å²) in [6.45, 7) is 4.64. The molecule has 0 aromatic rings. The molecule has 0 aromatic carbocycles. The Bertz CT molecular complexity index is 346. The lowest BCUT2D eigenvalue weighted by molar-refractivity contribution is 0.428. The van der Waals surface area contributed by atoms with E-state index in [4.69, 9.17) is 0 Å². The molecular formula is C16H26N2. The van der Waals surface area contributed by atoms with E-state index >= 15 is 0 Å². The third-order valence-electron chi connectivity index (χ3n) is 4.15. The van der Waals surface area contributed by atoms with E-state index in [2.05, 4.69) is 35.6 Å². The van der Waals surface area contributed by atoms with Gasteiger partial charge in [0, 0.05) is 13.3 Å².